The molecule has 6 heteroatoms. The second kappa shape index (κ2) is 6.56. The van der Waals surface area contributed by atoms with Crippen molar-refractivity contribution in [2.75, 3.05) is 17.2 Å². The first-order valence-electron chi connectivity index (χ1n) is 8.52. The SMILES string of the molecule is Cc1c(C(=O)N2CCCc3c(N)cccc32)[nH]c2c1C(=O)CCC2.Cl. The molecule has 0 spiro atoms. The van der Waals surface area contributed by atoms with Crippen molar-refractivity contribution in [2.45, 2.75) is 39.0 Å². The molecule has 2 aliphatic rings. The Morgan fingerprint density at radius 3 is 2.76 bits per heavy atom. The van der Waals surface area contributed by atoms with Gasteiger partial charge in [-0.1, -0.05) is 6.07 Å². The highest BCUT2D eigenvalue weighted by molar-refractivity contribution is 6.10. The van der Waals surface area contributed by atoms with Gasteiger partial charge in [-0.15, -0.1) is 12.4 Å². The van der Waals surface area contributed by atoms with Gasteiger partial charge in [-0.3, -0.25) is 9.59 Å². The van der Waals surface area contributed by atoms with Crippen molar-refractivity contribution in [3.05, 3.63) is 46.3 Å². The van der Waals surface area contributed by atoms with Crippen molar-refractivity contribution in [1.82, 2.24) is 4.98 Å². The summed E-state index contributed by atoms with van der Waals surface area (Å²) >= 11 is 0. The lowest BCUT2D eigenvalue weighted by molar-refractivity contribution is 0.0969. The molecular formula is C19H22ClN3O2. The zero-order chi connectivity index (χ0) is 16.8. The van der Waals surface area contributed by atoms with Crippen LogP contribution in [0.3, 0.4) is 0 Å². The van der Waals surface area contributed by atoms with E-state index in [0.717, 1.165) is 59.4 Å². The lowest BCUT2D eigenvalue weighted by atomic mass is 9.93. The molecule has 1 aromatic carbocycles. The number of nitrogens with two attached hydrogens (primary N) is 1. The monoisotopic (exact) mass is 359 g/mol. The largest absolute Gasteiger partial charge is 0.398 e. The van der Waals surface area contributed by atoms with Gasteiger partial charge in [0.2, 0.25) is 0 Å². The number of aromatic amines is 1. The number of carbonyl (C=O) groups is 2. The number of Topliss-reactive ketones (excluding diaryl/α,β-unsaturated/α-hetero) is 1. The number of amides is 1. The number of fused-ring (bicyclic) bond motifs is 2. The summed E-state index contributed by atoms with van der Waals surface area (Å²) in [5.74, 6) is 0.0774. The number of anilines is 2. The van der Waals surface area contributed by atoms with E-state index in [1.807, 2.05) is 25.1 Å². The highest BCUT2D eigenvalue weighted by Gasteiger charge is 2.31. The van der Waals surface area contributed by atoms with Crippen LogP contribution in [0.2, 0.25) is 0 Å². The van der Waals surface area contributed by atoms with Gasteiger partial charge in [-0.2, -0.15) is 0 Å². The van der Waals surface area contributed by atoms with Gasteiger partial charge in [0.15, 0.2) is 5.78 Å². The van der Waals surface area contributed by atoms with Crippen molar-refractivity contribution < 1.29 is 9.59 Å². The van der Waals surface area contributed by atoms with Crippen LogP contribution in [-0.2, 0) is 12.8 Å². The number of hydrogen-bond donors (Lipinski definition) is 2. The van der Waals surface area contributed by atoms with Crippen molar-refractivity contribution in [1.29, 1.82) is 0 Å². The Hall–Kier alpha value is -2.27. The average Bonchev–Trinajstić information content (AvgIpc) is 2.92. The molecule has 0 atom stereocenters. The Morgan fingerprint density at radius 1 is 1.20 bits per heavy atom. The first-order chi connectivity index (χ1) is 11.6. The van der Waals surface area contributed by atoms with Crippen molar-refractivity contribution in [3.63, 3.8) is 0 Å². The van der Waals surface area contributed by atoms with Gasteiger partial charge in [0.1, 0.15) is 5.69 Å². The van der Waals surface area contributed by atoms with Gasteiger partial charge >= 0.3 is 0 Å². The number of nitrogens with one attached hydrogen (secondary N) is 1. The molecule has 1 aromatic heterocycles. The first kappa shape index (κ1) is 17.5. The maximum atomic E-state index is 13.2. The predicted octanol–water partition coefficient (Wildman–Crippen LogP) is 3.44. The summed E-state index contributed by atoms with van der Waals surface area (Å²) < 4.78 is 0. The van der Waals surface area contributed by atoms with Gasteiger partial charge in [-0.25, -0.2) is 0 Å². The fourth-order valence-electron chi connectivity index (χ4n) is 3.99. The summed E-state index contributed by atoms with van der Waals surface area (Å²) in [6.07, 6.45) is 4.04. The van der Waals surface area contributed by atoms with Crippen molar-refractivity contribution in [2.24, 2.45) is 0 Å². The molecule has 4 rings (SSSR count). The molecule has 0 saturated carbocycles. The van der Waals surface area contributed by atoms with Gasteiger partial charge in [-0.05, 0) is 55.9 Å². The molecule has 0 fully saturated rings. The Bertz CT molecular complexity index is 857. The van der Waals surface area contributed by atoms with Crippen LogP contribution in [0, 0.1) is 6.92 Å². The maximum Gasteiger partial charge on any atom is 0.274 e. The normalized spacial score (nSPS) is 16.0. The molecule has 5 nitrogen and oxygen atoms in total. The van der Waals surface area contributed by atoms with E-state index in [9.17, 15) is 9.59 Å². The molecule has 2 aromatic rings. The zero-order valence-corrected chi connectivity index (χ0v) is 15.0. The molecule has 132 valence electrons. The molecule has 1 aliphatic carbocycles. The number of nitrogen functional groups attached to an aromatic ring is 1. The number of halogens is 1. The fraction of sp³-hybridized carbons (Fsp3) is 0.368. The molecule has 0 unspecified atom stereocenters. The minimum absolute atomic E-state index is 0. The lowest BCUT2D eigenvalue weighted by Gasteiger charge is -2.30. The molecule has 0 saturated heterocycles. The summed E-state index contributed by atoms with van der Waals surface area (Å²) in [6.45, 7) is 2.54. The quantitative estimate of drug-likeness (QED) is 0.765. The van der Waals surface area contributed by atoms with E-state index in [2.05, 4.69) is 4.98 Å². The number of rotatable bonds is 1. The van der Waals surface area contributed by atoms with Crippen LogP contribution in [0.15, 0.2) is 18.2 Å². The van der Waals surface area contributed by atoms with Crippen molar-refractivity contribution in [3.8, 4) is 0 Å². The van der Waals surface area contributed by atoms with Crippen molar-refractivity contribution >= 4 is 35.5 Å². The third kappa shape index (κ3) is 2.72. The summed E-state index contributed by atoms with van der Waals surface area (Å²) in [7, 11) is 0. The highest BCUT2D eigenvalue weighted by Crippen LogP contribution is 2.34. The zero-order valence-electron chi connectivity index (χ0n) is 14.2. The molecule has 1 aliphatic heterocycles. The average molecular weight is 360 g/mol. The maximum absolute atomic E-state index is 13.2. The van der Waals surface area contributed by atoms with Crippen LogP contribution in [0.5, 0.6) is 0 Å². The topological polar surface area (TPSA) is 79.2 Å². The molecule has 3 N–H and O–H groups in total. The van der Waals surface area contributed by atoms with E-state index in [4.69, 9.17) is 5.73 Å². The van der Waals surface area contributed by atoms with Crippen LogP contribution in [0.25, 0.3) is 0 Å². The predicted molar refractivity (Wildman–Crippen MR) is 101 cm³/mol. The Labute approximate surface area is 153 Å². The summed E-state index contributed by atoms with van der Waals surface area (Å²) in [6, 6.07) is 5.71. The lowest BCUT2D eigenvalue weighted by Crippen LogP contribution is -2.36. The van der Waals surface area contributed by atoms with E-state index in [-0.39, 0.29) is 24.1 Å². The molecule has 2 heterocycles. The molecule has 25 heavy (non-hydrogen) atoms. The van der Waals surface area contributed by atoms with Gasteiger partial charge in [0, 0.05) is 35.6 Å². The van der Waals surface area contributed by atoms with Gasteiger partial charge in [0.25, 0.3) is 5.91 Å². The van der Waals surface area contributed by atoms with E-state index >= 15 is 0 Å². The number of hydrogen-bond acceptors (Lipinski definition) is 3. The second-order valence-corrected chi connectivity index (χ2v) is 6.66. The minimum Gasteiger partial charge on any atom is -0.398 e. The number of ketones is 1. The number of carbonyl (C=O) groups excluding carboxylic acids is 2. The number of benzene rings is 1. The number of nitrogens with zero attached hydrogens (tertiary/aromatic N) is 1. The fourth-order valence-corrected chi connectivity index (χ4v) is 3.99. The third-order valence-electron chi connectivity index (χ3n) is 5.18. The van der Waals surface area contributed by atoms with Crippen LogP contribution < -0.4 is 10.6 Å². The number of aryl methyl sites for hydroxylation is 1. The number of aromatic nitrogens is 1. The Balaban J connectivity index is 0.00000182. The first-order valence-corrected chi connectivity index (χ1v) is 8.52. The van der Waals surface area contributed by atoms with E-state index in [1.54, 1.807) is 4.90 Å². The van der Waals surface area contributed by atoms with E-state index in [0.29, 0.717) is 18.7 Å². The Morgan fingerprint density at radius 2 is 2.00 bits per heavy atom. The molecule has 1 amide bonds. The molecule has 0 bridgehead atoms. The summed E-state index contributed by atoms with van der Waals surface area (Å²) in [5.41, 5.74) is 11.7. The minimum atomic E-state index is -0.0683. The highest BCUT2D eigenvalue weighted by atomic mass is 35.5. The van der Waals surface area contributed by atoms with Crippen LogP contribution in [-0.4, -0.2) is 23.2 Å². The molecule has 0 radical (unpaired) electrons. The van der Waals surface area contributed by atoms with Gasteiger partial charge < -0.3 is 15.6 Å². The number of H-pyrrole nitrogens is 1. The Kier molecular flexibility index (Phi) is 4.60. The van der Waals surface area contributed by atoms with E-state index < -0.39 is 0 Å². The van der Waals surface area contributed by atoms with Crippen LogP contribution >= 0.6 is 12.4 Å². The second-order valence-electron chi connectivity index (χ2n) is 6.66. The van der Waals surface area contributed by atoms with E-state index in [1.165, 1.54) is 0 Å². The smallest absolute Gasteiger partial charge is 0.274 e. The molecular weight excluding hydrogens is 338 g/mol. The standard InChI is InChI=1S/C19H21N3O2.ClH/c1-11-17-14(7-3-9-16(17)23)21-18(11)19(24)22-10-4-5-12-13(20)6-2-8-15(12)22;/h2,6,8,21H,3-5,7,9-10,20H2,1H3;1H. The van der Waals surface area contributed by atoms with Crippen LogP contribution in [0.1, 0.15) is 56.9 Å². The van der Waals surface area contributed by atoms with Gasteiger partial charge in [0.05, 0.1) is 0 Å². The van der Waals surface area contributed by atoms with Crippen LogP contribution in [0.4, 0.5) is 11.4 Å². The third-order valence-corrected chi connectivity index (χ3v) is 5.18. The summed E-state index contributed by atoms with van der Waals surface area (Å²) in [5, 5.41) is 0. The summed E-state index contributed by atoms with van der Waals surface area (Å²) in [4.78, 5) is 30.4.